The Morgan fingerprint density at radius 1 is 0.711 bits per heavy atom. The molecule has 198 valence electrons. The van der Waals surface area contributed by atoms with Crippen LogP contribution in [-0.4, -0.2) is 23.8 Å². The fraction of sp³-hybridized carbons (Fsp3) is 0.120. The highest BCUT2D eigenvalue weighted by molar-refractivity contribution is 9.11. The summed E-state index contributed by atoms with van der Waals surface area (Å²) in [6.45, 7) is 4.32. The fourth-order valence-corrected chi connectivity index (χ4v) is 6.55. The summed E-state index contributed by atoms with van der Waals surface area (Å²) >= 11 is 9.83. The molecule has 0 spiro atoms. The maximum Gasteiger partial charge on any atom is 0.468 e. The minimum atomic E-state index is -4.71. The Balaban J connectivity index is 2.10. The Bertz CT molecular complexity index is 1430. The third kappa shape index (κ3) is 7.41. The molecule has 2 N–H and O–H groups in total. The van der Waals surface area contributed by atoms with E-state index < -0.39 is 31.3 Å². The number of hydrogen-bond donors (Lipinski definition) is 2. The lowest BCUT2D eigenvalue weighted by molar-refractivity contribution is -0.115. The molecule has 0 radical (unpaired) electrons. The van der Waals surface area contributed by atoms with Crippen molar-refractivity contribution in [1.29, 1.82) is 0 Å². The van der Waals surface area contributed by atoms with Crippen LogP contribution in [0, 0.1) is 6.92 Å². The molecule has 3 rings (SSSR count). The number of halogens is 3. The Morgan fingerprint density at radius 2 is 1.16 bits per heavy atom. The minimum Gasteiger partial charge on any atom is -0.376 e. The summed E-state index contributed by atoms with van der Waals surface area (Å²) in [5.41, 5.74) is 0.744. The third-order valence-corrected chi connectivity index (χ3v) is 8.57. The number of nitrogens with one attached hydrogen (secondary N) is 2. The molecule has 13 heteroatoms. The van der Waals surface area contributed by atoms with Crippen molar-refractivity contribution in [2.24, 2.45) is 0 Å². The van der Waals surface area contributed by atoms with Gasteiger partial charge in [0, 0.05) is 27.3 Å². The van der Waals surface area contributed by atoms with Gasteiger partial charge in [-0.1, -0.05) is 37.9 Å². The van der Waals surface area contributed by atoms with Gasteiger partial charge in [0.15, 0.2) is 0 Å². The van der Waals surface area contributed by atoms with Gasteiger partial charge in [-0.25, -0.2) is 14.2 Å². The van der Waals surface area contributed by atoms with Gasteiger partial charge in [0.1, 0.15) is 5.30 Å². The molecular formula is C25H20Br3N2O7P. The number of amides is 2. The first-order chi connectivity index (χ1) is 17.8. The van der Waals surface area contributed by atoms with Gasteiger partial charge >= 0.3 is 19.5 Å². The Labute approximate surface area is 243 Å². The molecule has 0 fully saturated rings. The first-order valence-corrected chi connectivity index (χ1v) is 14.7. The van der Waals surface area contributed by atoms with Crippen LogP contribution in [-0.2, 0) is 23.2 Å². The fourth-order valence-electron chi connectivity index (χ4n) is 3.24. The number of carbonyl (C=O) groups excluding carboxylic acids is 4. The van der Waals surface area contributed by atoms with Gasteiger partial charge in [0.05, 0.1) is 22.5 Å². The first kappa shape index (κ1) is 29.8. The standard InChI is InChI=1S/C25H20Br3N2O7P/c1-13-4-9-23(20(28)10-13)38(35,36-24(33)18-11-16(26)5-7-21(18)29-14(2)31)37-25(34)19-12-17(27)6-8-22(19)30-15(3)32/h4-12H,1-3H3,(H,29,31)(H,30,32). The van der Waals surface area contributed by atoms with Gasteiger partial charge in [-0.15, -0.1) is 0 Å². The SMILES string of the molecule is CC(=O)Nc1ccc(Br)cc1C(=O)OP(=O)(OC(=O)c1cc(Br)ccc1NC(C)=O)c1ccc(C)cc1Br. The maximum atomic E-state index is 14.2. The summed E-state index contributed by atoms with van der Waals surface area (Å²) < 4.78 is 26.3. The molecule has 0 saturated heterocycles. The van der Waals surface area contributed by atoms with Crippen LogP contribution in [0.25, 0.3) is 0 Å². The van der Waals surface area contributed by atoms with Gasteiger partial charge in [0.25, 0.3) is 0 Å². The van der Waals surface area contributed by atoms with E-state index in [0.717, 1.165) is 5.56 Å². The molecule has 3 aromatic rings. The molecule has 0 unspecified atom stereocenters. The number of rotatable bonds is 7. The van der Waals surface area contributed by atoms with Crippen molar-refractivity contribution in [3.05, 3.63) is 84.7 Å². The van der Waals surface area contributed by atoms with Crippen LogP contribution in [0.3, 0.4) is 0 Å². The van der Waals surface area contributed by atoms with E-state index in [1.54, 1.807) is 31.2 Å². The minimum absolute atomic E-state index is 0.0862. The highest BCUT2D eigenvalue weighted by atomic mass is 79.9. The predicted molar refractivity (Wildman–Crippen MR) is 154 cm³/mol. The maximum absolute atomic E-state index is 14.2. The normalized spacial score (nSPS) is 10.9. The summed E-state index contributed by atoms with van der Waals surface area (Å²) in [6, 6.07) is 13.5. The molecule has 0 aromatic heterocycles. The molecule has 0 aliphatic carbocycles. The van der Waals surface area contributed by atoms with Crippen molar-refractivity contribution in [3.8, 4) is 0 Å². The Hall–Kier alpha value is -2.79. The average Bonchev–Trinajstić information content (AvgIpc) is 2.80. The molecular weight excluding hydrogens is 711 g/mol. The zero-order valence-corrected chi connectivity index (χ0v) is 25.8. The zero-order valence-electron chi connectivity index (χ0n) is 20.1. The number of anilines is 2. The Kier molecular flexibility index (Phi) is 9.69. The first-order valence-electron chi connectivity index (χ1n) is 10.8. The number of benzene rings is 3. The van der Waals surface area contributed by atoms with Gasteiger partial charge in [-0.3, -0.25) is 9.59 Å². The number of carbonyl (C=O) groups is 4. The van der Waals surface area contributed by atoms with E-state index in [0.29, 0.717) is 8.95 Å². The lowest BCUT2D eigenvalue weighted by atomic mass is 10.2. The van der Waals surface area contributed by atoms with Crippen LogP contribution in [0.2, 0.25) is 0 Å². The molecule has 38 heavy (non-hydrogen) atoms. The summed E-state index contributed by atoms with van der Waals surface area (Å²) in [5.74, 6) is -3.13. The summed E-state index contributed by atoms with van der Waals surface area (Å²) in [6.07, 6.45) is 0. The second-order valence-electron chi connectivity index (χ2n) is 7.95. The largest absolute Gasteiger partial charge is 0.468 e. The highest BCUT2D eigenvalue weighted by Gasteiger charge is 2.39. The van der Waals surface area contributed by atoms with Gasteiger partial charge in [-0.2, -0.15) is 0 Å². The summed E-state index contributed by atoms with van der Waals surface area (Å²) in [4.78, 5) is 49.9. The molecule has 0 saturated carbocycles. The van der Waals surface area contributed by atoms with E-state index in [9.17, 15) is 23.7 Å². The highest BCUT2D eigenvalue weighted by Crippen LogP contribution is 2.51. The van der Waals surface area contributed by atoms with Crippen molar-refractivity contribution in [2.45, 2.75) is 20.8 Å². The number of aryl methyl sites for hydroxylation is 1. The summed E-state index contributed by atoms with van der Waals surface area (Å²) in [7, 11) is -4.71. The topological polar surface area (TPSA) is 128 Å². The van der Waals surface area contributed by atoms with Crippen molar-refractivity contribution in [1.82, 2.24) is 0 Å². The van der Waals surface area contributed by atoms with Crippen LogP contribution in [0.5, 0.6) is 0 Å². The second-order valence-corrected chi connectivity index (χ2v) is 12.5. The van der Waals surface area contributed by atoms with Gasteiger partial charge in [0.2, 0.25) is 11.8 Å². The Morgan fingerprint density at radius 3 is 1.55 bits per heavy atom. The van der Waals surface area contributed by atoms with Crippen molar-refractivity contribution in [2.75, 3.05) is 10.6 Å². The second kappa shape index (κ2) is 12.4. The predicted octanol–water partition coefficient (Wildman–Crippen LogP) is 6.73. The van der Waals surface area contributed by atoms with Crippen LogP contribution in [0.1, 0.15) is 40.1 Å². The smallest absolute Gasteiger partial charge is 0.376 e. The van der Waals surface area contributed by atoms with E-state index in [4.69, 9.17) is 9.05 Å². The molecule has 0 aliphatic rings. The molecule has 2 amide bonds. The number of hydrogen-bond acceptors (Lipinski definition) is 7. The van der Waals surface area contributed by atoms with E-state index in [2.05, 4.69) is 58.4 Å². The van der Waals surface area contributed by atoms with Crippen LogP contribution >= 0.6 is 55.4 Å². The molecule has 0 heterocycles. The van der Waals surface area contributed by atoms with E-state index in [1.807, 2.05) is 0 Å². The molecule has 9 nitrogen and oxygen atoms in total. The third-order valence-electron chi connectivity index (χ3n) is 4.83. The van der Waals surface area contributed by atoms with Crippen molar-refractivity contribution in [3.63, 3.8) is 0 Å². The van der Waals surface area contributed by atoms with Crippen LogP contribution in [0.15, 0.2) is 68.0 Å². The van der Waals surface area contributed by atoms with Gasteiger partial charge in [-0.05, 0) is 76.9 Å². The van der Waals surface area contributed by atoms with Crippen LogP contribution < -0.4 is 15.9 Å². The monoisotopic (exact) mass is 728 g/mol. The zero-order chi connectivity index (χ0) is 28.2. The van der Waals surface area contributed by atoms with Crippen molar-refractivity contribution < 1.29 is 32.8 Å². The molecule has 0 aliphatic heterocycles. The van der Waals surface area contributed by atoms with Crippen LogP contribution in [0.4, 0.5) is 11.4 Å². The molecule has 3 aromatic carbocycles. The summed E-state index contributed by atoms with van der Waals surface area (Å²) in [5, 5.41) is 4.94. The van der Waals surface area contributed by atoms with E-state index >= 15 is 0 Å². The van der Waals surface area contributed by atoms with Crippen molar-refractivity contribution >= 4 is 95.8 Å². The quantitative estimate of drug-likeness (QED) is 0.258. The van der Waals surface area contributed by atoms with E-state index in [-0.39, 0.29) is 32.3 Å². The van der Waals surface area contributed by atoms with Gasteiger partial charge < -0.3 is 19.7 Å². The molecule has 0 atom stereocenters. The van der Waals surface area contributed by atoms with E-state index in [1.165, 1.54) is 44.2 Å². The average molecular weight is 731 g/mol. The lowest BCUT2D eigenvalue weighted by Crippen LogP contribution is -2.20. The molecule has 0 bridgehead atoms. The lowest BCUT2D eigenvalue weighted by Gasteiger charge is -2.21.